The quantitative estimate of drug-likeness (QED) is 0.307. The van der Waals surface area contributed by atoms with Crippen molar-refractivity contribution in [3.63, 3.8) is 0 Å². The minimum atomic E-state index is 0. The van der Waals surface area contributed by atoms with Crippen LogP contribution in [-0.2, 0) is 6.42 Å². The molecule has 164 valence electrons. The second-order valence-corrected chi connectivity index (χ2v) is 7.23. The van der Waals surface area contributed by atoms with Crippen molar-refractivity contribution in [1.29, 1.82) is 0 Å². The molecule has 1 fully saturated rings. The van der Waals surface area contributed by atoms with Crippen molar-refractivity contribution in [2.75, 3.05) is 13.2 Å². The Bertz CT molecular complexity index is 398. The van der Waals surface area contributed by atoms with E-state index in [4.69, 9.17) is 16.7 Å². The highest BCUT2D eigenvalue weighted by Gasteiger charge is 2.06. The molecule has 8 N–H and O–H groups in total. The maximum atomic E-state index is 8.59. The van der Waals surface area contributed by atoms with Gasteiger partial charge >= 0.3 is 0 Å². The Morgan fingerprint density at radius 3 is 2.07 bits per heavy atom. The summed E-state index contributed by atoms with van der Waals surface area (Å²) in [6.45, 7) is 5.48. The smallest absolute Gasteiger partial charge is 0.0471 e. The number of nitrogens with two attached hydrogens (primary N) is 2. The van der Waals surface area contributed by atoms with Crippen LogP contribution < -0.4 is 17.0 Å². The van der Waals surface area contributed by atoms with Crippen LogP contribution in [0.15, 0.2) is 24.3 Å². The molecule has 0 heterocycles. The summed E-state index contributed by atoms with van der Waals surface area (Å²) >= 11 is 0. The monoisotopic (exact) mass is 387 g/mol. The molecule has 0 radical (unpaired) electrons. The molecule has 0 amide bonds. The van der Waals surface area contributed by atoms with Crippen molar-refractivity contribution in [3.8, 4) is 0 Å². The molecule has 1 saturated carbocycles. The first-order chi connectivity index (χ1) is 12.6. The van der Waals surface area contributed by atoms with Crippen molar-refractivity contribution in [1.82, 2.24) is 5.43 Å². The first-order valence-corrected chi connectivity index (χ1v) is 10.5. The van der Waals surface area contributed by atoms with Gasteiger partial charge in [-0.15, -0.1) is 0 Å². The minimum absolute atomic E-state index is 0. The van der Waals surface area contributed by atoms with Crippen molar-refractivity contribution in [2.24, 2.45) is 11.6 Å². The lowest BCUT2D eigenvalue weighted by molar-refractivity contribution is 0.299. The van der Waals surface area contributed by atoms with Gasteiger partial charge in [-0.25, -0.2) is 0 Å². The van der Waals surface area contributed by atoms with Gasteiger partial charge in [0, 0.05) is 22.0 Å². The van der Waals surface area contributed by atoms with Gasteiger partial charge in [0.15, 0.2) is 0 Å². The van der Waals surface area contributed by atoms with Crippen molar-refractivity contribution >= 4 is 0 Å². The maximum Gasteiger partial charge on any atom is 0.0471 e. The van der Waals surface area contributed by atoms with Crippen molar-refractivity contribution in [2.45, 2.75) is 90.5 Å². The molecule has 0 aliphatic heterocycles. The number of rotatable bonds is 8. The van der Waals surface area contributed by atoms with E-state index in [0.717, 1.165) is 13.0 Å². The largest absolute Gasteiger partial charge is 0.412 e. The molecular formula is C22H49N3O2. The summed E-state index contributed by atoms with van der Waals surface area (Å²) in [4.78, 5) is 0. The third-order valence-corrected chi connectivity index (χ3v) is 4.60. The molecule has 5 heteroatoms. The van der Waals surface area contributed by atoms with Crippen LogP contribution >= 0.6 is 0 Å². The van der Waals surface area contributed by atoms with Gasteiger partial charge in [0.2, 0.25) is 0 Å². The zero-order valence-corrected chi connectivity index (χ0v) is 17.7. The highest BCUT2D eigenvalue weighted by atomic mass is 16.2. The third-order valence-electron chi connectivity index (χ3n) is 4.60. The van der Waals surface area contributed by atoms with E-state index in [2.05, 4.69) is 31.4 Å². The Morgan fingerprint density at radius 1 is 1.04 bits per heavy atom. The van der Waals surface area contributed by atoms with E-state index in [9.17, 15) is 0 Å². The molecule has 0 saturated heterocycles. The molecule has 0 unspecified atom stereocenters. The van der Waals surface area contributed by atoms with Gasteiger partial charge in [-0.3, -0.25) is 11.3 Å². The number of aliphatic hydroxyl groups is 1. The fourth-order valence-corrected chi connectivity index (χ4v) is 2.85. The maximum absolute atomic E-state index is 8.59. The predicted octanol–water partition coefficient (Wildman–Crippen LogP) is 3.90. The molecule has 27 heavy (non-hydrogen) atoms. The number of aryl methyl sites for hydroxylation is 1. The van der Waals surface area contributed by atoms with Gasteiger partial charge in [0.05, 0.1) is 0 Å². The van der Waals surface area contributed by atoms with Crippen LogP contribution in [0.4, 0.5) is 0 Å². The van der Waals surface area contributed by atoms with Gasteiger partial charge in [0.25, 0.3) is 0 Å². The van der Waals surface area contributed by atoms with E-state index in [1.165, 1.54) is 75.3 Å². The lowest BCUT2D eigenvalue weighted by Gasteiger charge is -2.15. The standard InChI is InChI=1S/C9H12O.C7H18N2.C6H13N.H2O.2H2/c1-8-2-4-9(5-3-8)6-7-10;1-2-3-4-5-6-7-9-8;7-6-4-2-1-3-5-6;;;/h2-5,10H,6-7H2,1H3;9H,2-8H2,1H3;6H,1-5,7H2;1H2;2*1H. The van der Waals surface area contributed by atoms with Gasteiger partial charge in [-0.05, 0) is 38.2 Å². The molecule has 1 aromatic carbocycles. The fraction of sp³-hybridized carbons (Fsp3) is 0.727. The van der Waals surface area contributed by atoms with Gasteiger partial charge in [-0.2, -0.15) is 0 Å². The average Bonchev–Trinajstić information content (AvgIpc) is 2.66. The third kappa shape index (κ3) is 19.6. The number of benzene rings is 1. The zero-order valence-electron chi connectivity index (χ0n) is 17.7. The summed E-state index contributed by atoms with van der Waals surface area (Å²) < 4.78 is 0. The van der Waals surface area contributed by atoms with Crippen LogP contribution in [0.2, 0.25) is 0 Å². The minimum Gasteiger partial charge on any atom is -0.412 e. The van der Waals surface area contributed by atoms with E-state index in [0.29, 0.717) is 6.04 Å². The Morgan fingerprint density at radius 2 is 1.63 bits per heavy atom. The first kappa shape index (κ1) is 28.2. The van der Waals surface area contributed by atoms with Crippen LogP contribution in [0, 0.1) is 6.92 Å². The average molecular weight is 388 g/mol. The molecule has 0 bridgehead atoms. The summed E-state index contributed by atoms with van der Waals surface area (Å²) in [7, 11) is 0. The van der Waals surface area contributed by atoms with E-state index in [-0.39, 0.29) is 14.9 Å². The molecule has 5 nitrogen and oxygen atoms in total. The lowest BCUT2D eigenvalue weighted by atomic mass is 9.97. The number of hydrogen-bond donors (Lipinski definition) is 4. The number of unbranched alkanes of at least 4 members (excludes halogenated alkanes) is 4. The summed E-state index contributed by atoms with van der Waals surface area (Å²) in [6.07, 6.45) is 14.0. The highest BCUT2D eigenvalue weighted by molar-refractivity contribution is 5.21. The van der Waals surface area contributed by atoms with Gasteiger partial charge < -0.3 is 16.3 Å². The van der Waals surface area contributed by atoms with E-state index < -0.39 is 0 Å². The molecular weight excluding hydrogens is 338 g/mol. The summed E-state index contributed by atoms with van der Waals surface area (Å²) in [6, 6.07) is 8.75. The van der Waals surface area contributed by atoms with Crippen LogP contribution in [-0.4, -0.2) is 29.8 Å². The topological polar surface area (TPSA) is 116 Å². The summed E-state index contributed by atoms with van der Waals surface area (Å²) in [5.41, 5.74) is 10.7. The molecule has 1 aliphatic carbocycles. The second-order valence-electron chi connectivity index (χ2n) is 7.23. The Kier molecular flexibility index (Phi) is 22.3. The lowest BCUT2D eigenvalue weighted by Crippen LogP contribution is -2.22. The summed E-state index contributed by atoms with van der Waals surface area (Å²) in [5, 5.41) is 8.59. The number of hydrogen-bond acceptors (Lipinski definition) is 4. The Labute approximate surface area is 170 Å². The predicted molar refractivity (Wildman–Crippen MR) is 122 cm³/mol. The second kappa shape index (κ2) is 21.3. The van der Waals surface area contributed by atoms with Crippen LogP contribution in [0.1, 0.15) is 85.1 Å². The summed E-state index contributed by atoms with van der Waals surface area (Å²) in [5.74, 6) is 5.09. The molecule has 1 aromatic rings. The van der Waals surface area contributed by atoms with Gasteiger partial charge in [0.1, 0.15) is 0 Å². The number of aliphatic hydroxyl groups excluding tert-OH is 1. The molecule has 1 aliphatic rings. The normalized spacial score (nSPS) is 13.5. The molecule has 2 rings (SSSR count). The van der Waals surface area contributed by atoms with Crippen LogP contribution in [0.25, 0.3) is 0 Å². The molecule has 0 aromatic heterocycles. The first-order valence-electron chi connectivity index (χ1n) is 10.5. The van der Waals surface area contributed by atoms with E-state index >= 15 is 0 Å². The van der Waals surface area contributed by atoms with Crippen LogP contribution in [0.5, 0.6) is 0 Å². The highest BCUT2D eigenvalue weighted by Crippen LogP contribution is 2.14. The SMILES string of the molecule is CCCCCCCNN.Cc1ccc(CCO)cc1.NC1CCCCC1.O.[HH].[HH]. The molecule has 0 spiro atoms. The fourth-order valence-electron chi connectivity index (χ4n) is 2.85. The van der Waals surface area contributed by atoms with Crippen LogP contribution in [0.3, 0.4) is 0 Å². The number of hydrazine groups is 1. The van der Waals surface area contributed by atoms with E-state index in [1.54, 1.807) is 0 Å². The van der Waals surface area contributed by atoms with Crippen molar-refractivity contribution < 1.29 is 13.4 Å². The van der Waals surface area contributed by atoms with Crippen molar-refractivity contribution in [3.05, 3.63) is 35.4 Å². The van der Waals surface area contributed by atoms with Gasteiger partial charge in [-0.1, -0.05) is 81.7 Å². The van der Waals surface area contributed by atoms with E-state index in [1.807, 2.05) is 12.1 Å². The zero-order chi connectivity index (χ0) is 19.5. The molecule has 0 atom stereocenters. The Hall–Kier alpha value is -0.980. The Balaban J connectivity index is -0.000000156. The number of nitrogens with one attached hydrogen (secondary N) is 1.